The number of benzene rings is 2. The van der Waals surface area contributed by atoms with Crippen molar-refractivity contribution in [2.75, 3.05) is 4.90 Å². The van der Waals surface area contributed by atoms with Crippen LogP contribution in [-0.4, -0.2) is 23.4 Å². The van der Waals surface area contributed by atoms with Crippen molar-refractivity contribution in [3.8, 4) is 11.5 Å². The molecule has 2 amide bonds. The molecule has 1 spiro atoms. The highest BCUT2D eigenvalue weighted by Crippen LogP contribution is 2.55. The molecule has 2 fully saturated rings. The fraction of sp³-hybridized carbons (Fsp3) is 0.263. The molecule has 0 N–H and O–H groups in total. The first-order valence-corrected chi connectivity index (χ1v) is 8.31. The molecule has 25 heavy (non-hydrogen) atoms. The molecule has 124 valence electrons. The molecular weight excluding hydrogens is 318 g/mol. The van der Waals surface area contributed by atoms with Gasteiger partial charge in [0.15, 0.2) is 6.04 Å². The number of carbonyl (C=O) groups excluding carboxylic acids is 2. The van der Waals surface area contributed by atoms with Gasteiger partial charge in [-0.25, -0.2) is 4.90 Å². The van der Waals surface area contributed by atoms with Gasteiger partial charge in [-0.05, 0) is 49.2 Å². The maximum absolute atomic E-state index is 12.8. The number of azo groups is 1. The first-order valence-electron chi connectivity index (χ1n) is 8.31. The summed E-state index contributed by atoms with van der Waals surface area (Å²) in [6.45, 7) is 0. The molecule has 0 aromatic heterocycles. The van der Waals surface area contributed by atoms with Gasteiger partial charge < -0.3 is 4.74 Å². The first-order chi connectivity index (χ1) is 12.2. The first kappa shape index (κ1) is 14.3. The molecule has 5 rings (SSSR count). The fourth-order valence-electron chi connectivity index (χ4n) is 3.62. The molecular formula is C19H15N3O3. The summed E-state index contributed by atoms with van der Waals surface area (Å²) in [6.07, 6.45) is 1.68. The van der Waals surface area contributed by atoms with Crippen molar-refractivity contribution < 1.29 is 14.3 Å². The molecule has 0 bridgehead atoms. The third-order valence-electron chi connectivity index (χ3n) is 5.07. The summed E-state index contributed by atoms with van der Waals surface area (Å²) in [5.74, 6) is 0.496. The Bertz CT molecular complexity index is 888. The second-order valence-electron chi connectivity index (χ2n) is 6.66. The van der Waals surface area contributed by atoms with E-state index in [9.17, 15) is 9.59 Å². The number of anilines is 1. The second kappa shape index (κ2) is 4.99. The number of hydrogen-bond acceptors (Lipinski definition) is 5. The van der Waals surface area contributed by atoms with Crippen molar-refractivity contribution in [1.82, 2.24) is 0 Å². The second-order valence-corrected chi connectivity index (χ2v) is 6.66. The Balaban J connectivity index is 1.40. The van der Waals surface area contributed by atoms with Gasteiger partial charge in [0.2, 0.25) is 5.91 Å². The lowest BCUT2D eigenvalue weighted by Crippen LogP contribution is -2.33. The van der Waals surface area contributed by atoms with Crippen molar-refractivity contribution in [3.63, 3.8) is 0 Å². The SMILES string of the molecule is O=C1C2N=NC3(CC3)C2C(=O)N1c1ccc(Oc2ccccc2)cc1. The van der Waals surface area contributed by atoms with Crippen LogP contribution < -0.4 is 9.64 Å². The van der Waals surface area contributed by atoms with Crippen molar-refractivity contribution in [1.29, 1.82) is 0 Å². The highest BCUT2D eigenvalue weighted by Gasteiger charge is 2.67. The lowest BCUT2D eigenvalue weighted by atomic mass is 9.94. The van der Waals surface area contributed by atoms with Crippen LogP contribution in [0.1, 0.15) is 12.8 Å². The maximum Gasteiger partial charge on any atom is 0.261 e. The Morgan fingerprint density at radius 2 is 1.60 bits per heavy atom. The van der Waals surface area contributed by atoms with Gasteiger partial charge in [-0.1, -0.05) is 18.2 Å². The maximum atomic E-state index is 12.8. The van der Waals surface area contributed by atoms with Gasteiger partial charge in [0, 0.05) is 0 Å². The molecule has 1 saturated heterocycles. The molecule has 2 aromatic rings. The summed E-state index contributed by atoms with van der Waals surface area (Å²) in [7, 11) is 0. The van der Waals surface area contributed by atoms with E-state index in [4.69, 9.17) is 4.74 Å². The quantitative estimate of drug-likeness (QED) is 0.809. The lowest BCUT2D eigenvalue weighted by Gasteiger charge is -2.17. The van der Waals surface area contributed by atoms with Crippen LogP contribution in [0.2, 0.25) is 0 Å². The summed E-state index contributed by atoms with van der Waals surface area (Å²) in [4.78, 5) is 26.6. The third kappa shape index (κ3) is 2.10. The average molecular weight is 333 g/mol. The Kier molecular flexibility index (Phi) is 2.86. The highest BCUT2D eigenvalue weighted by atomic mass is 16.5. The van der Waals surface area contributed by atoms with E-state index in [0.717, 1.165) is 18.6 Å². The summed E-state index contributed by atoms with van der Waals surface area (Å²) in [6, 6.07) is 15.8. The van der Waals surface area contributed by atoms with E-state index in [2.05, 4.69) is 10.2 Å². The van der Waals surface area contributed by atoms with Gasteiger partial charge in [0.25, 0.3) is 5.91 Å². The number of para-hydroxylation sites is 1. The van der Waals surface area contributed by atoms with Crippen LogP contribution in [-0.2, 0) is 9.59 Å². The van der Waals surface area contributed by atoms with E-state index in [1.54, 1.807) is 24.3 Å². The minimum absolute atomic E-state index is 0.186. The Morgan fingerprint density at radius 1 is 0.920 bits per heavy atom. The zero-order chi connectivity index (χ0) is 17.0. The predicted octanol–water partition coefficient (Wildman–Crippen LogP) is 3.34. The monoisotopic (exact) mass is 333 g/mol. The Hall–Kier alpha value is -3.02. The number of nitrogens with zero attached hydrogens (tertiary/aromatic N) is 3. The molecule has 2 aliphatic heterocycles. The number of amides is 2. The molecule has 1 aliphatic carbocycles. The normalized spacial score (nSPS) is 25.5. The van der Waals surface area contributed by atoms with Crippen LogP contribution in [0.25, 0.3) is 0 Å². The van der Waals surface area contributed by atoms with E-state index in [1.807, 2.05) is 30.3 Å². The predicted molar refractivity (Wildman–Crippen MR) is 89.6 cm³/mol. The Morgan fingerprint density at radius 3 is 2.28 bits per heavy atom. The van der Waals surface area contributed by atoms with Gasteiger partial charge in [-0.2, -0.15) is 10.2 Å². The van der Waals surface area contributed by atoms with E-state index in [-0.39, 0.29) is 11.8 Å². The van der Waals surface area contributed by atoms with Gasteiger partial charge in [0.1, 0.15) is 11.5 Å². The van der Waals surface area contributed by atoms with E-state index < -0.39 is 17.5 Å². The molecule has 0 radical (unpaired) electrons. The van der Waals surface area contributed by atoms with Gasteiger partial charge in [-0.15, -0.1) is 0 Å². The molecule has 3 aliphatic rings. The van der Waals surface area contributed by atoms with Gasteiger partial charge in [-0.3, -0.25) is 9.59 Å². The van der Waals surface area contributed by atoms with Gasteiger partial charge in [0.05, 0.1) is 17.1 Å². The number of imide groups is 1. The molecule has 2 heterocycles. The van der Waals surface area contributed by atoms with Crippen LogP contribution in [0, 0.1) is 5.92 Å². The molecule has 2 unspecified atom stereocenters. The standard InChI is InChI=1S/C19H15N3O3/c23-17-15-16(20-21-19(15)10-11-19)18(24)22(17)12-6-8-14(9-7-12)25-13-4-2-1-3-5-13/h1-9,15-16H,10-11H2. The topological polar surface area (TPSA) is 71.3 Å². The Labute approximate surface area is 144 Å². The molecule has 2 atom stereocenters. The van der Waals surface area contributed by atoms with Crippen LogP contribution in [0.15, 0.2) is 64.8 Å². The molecule has 6 heteroatoms. The lowest BCUT2D eigenvalue weighted by molar-refractivity contribution is -0.122. The zero-order valence-corrected chi connectivity index (χ0v) is 13.3. The van der Waals surface area contributed by atoms with Crippen molar-refractivity contribution in [3.05, 3.63) is 54.6 Å². The van der Waals surface area contributed by atoms with Crippen LogP contribution in [0.4, 0.5) is 5.69 Å². The zero-order valence-electron chi connectivity index (χ0n) is 13.3. The summed E-state index contributed by atoms with van der Waals surface area (Å²) >= 11 is 0. The number of rotatable bonds is 3. The van der Waals surface area contributed by atoms with Crippen molar-refractivity contribution in [2.45, 2.75) is 24.4 Å². The van der Waals surface area contributed by atoms with E-state index in [0.29, 0.717) is 11.4 Å². The minimum atomic E-state index is -0.643. The highest BCUT2D eigenvalue weighted by molar-refractivity contribution is 6.24. The summed E-state index contributed by atoms with van der Waals surface area (Å²) in [5, 5.41) is 8.27. The third-order valence-corrected chi connectivity index (χ3v) is 5.07. The minimum Gasteiger partial charge on any atom is -0.457 e. The number of fused-ring (bicyclic) bond motifs is 2. The molecule has 1 saturated carbocycles. The summed E-state index contributed by atoms with van der Waals surface area (Å²) < 4.78 is 5.75. The number of hydrogen-bond donors (Lipinski definition) is 0. The van der Waals surface area contributed by atoms with Crippen molar-refractivity contribution in [2.24, 2.45) is 16.1 Å². The van der Waals surface area contributed by atoms with E-state index >= 15 is 0 Å². The average Bonchev–Trinajstić information content (AvgIpc) is 3.23. The van der Waals surface area contributed by atoms with Crippen LogP contribution in [0.3, 0.4) is 0 Å². The van der Waals surface area contributed by atoms with Crippen LogP contribution in [0.5, 0.6) is 11.5 Å². The molecule has 2 aromatic carbocycles. The number of ether oxygens (including phenoxy) is 1. The molecule has 6 nitrogen and oxygen atoms in total. The van der Waals surface area contributed by atoms with Crippen LogP contribution >= 0.6 is 0 Å². The van der Waals surface area contributed by atoms with E-state index in [1.165, 1.54) is 4.90 Å². The summed E-state index contributed by atoms with van der Waals surface area (Å²) in [5.41, 5.74) is 0.151. The smallest absolute Gasteiger partial charge is 0.261 e. The largest absolute Gasteiger partial charge is 0.457 e. The van der Waals surface area contributed by atoms with Gasteiger partial charge >= 0.3 is 0 Å². The number of carbonyl (C=O) groups is 2. The van der Waals surface area contributed by atoms with Crippen molar-refractivity contribution >= 4 is 17.5 Å². The fourth-order valence-corrected chi connectivity index (χ4v) is 3.62.